The van der Waals surface area contributed by atoms with Gasteiger partial charge in [0.2, 0.25) is 5.91 Å². The largest absolute Gasteiger partial charge is 0.439 e. The second-order valence-corrected chi connectivity index (χ2v) is 5.24. The number of amides is 2. The fourth-order valence-corrected chi connectivity index (χ4v) is 2.66. The van der Waals surface area contributed by atoms with E-state index in [2.05, 4.69) is 10.6 Å². The molecule has 0 aromatic heterocycles. The molecule has 2 saturated heterocycles. The normalized spacial score (nSPS) is 28.0. The fraction of sp³-hybridized carbons (Fsp3) is 0.467. The molecule has 112 valence electrons. The minimum absolute atomic E-state index is 0.0714. The number of rotatable bonds is 4. The zero-order chi connectivity index (χ0) is 14.7. The zero-order valence-electron chi connectivity index (χ0n) is 11.6. The Hall–Kier alpha value is -2.08. The van der Waals surface area contributed by atoms with Crippen molar-refractivity contribution in [1.29, 1.82) is 0 Å². The lowest BCUT2D eigenvalue weighted by Crippen LogP contribution is -2.46. The first-order valence-electron chi connectivity index (χ1n) is 7.15. The highest BCUT2D eigenvalue weighted by Gasteiger charge is 2.40. The van der Waals surface area contributed by atoms with Crippen molar-refractivity contribution < 1.29 is 19.1 Å². The van der Waals surface area contributed by atoms with Crippen molar-refractivity contribution in [3.8, 4) is 0 Å². The maximum atomic E-state index is 12.3. The molecule has 1 aromatic rings. The van der Waals surface area contributed by atoms with Crippen LogP contribution in [0.1, 0.15) is 24.5 Å². The van der Waals surface area contributed by atoms with Crippen molar-refractivity contribution in [3.05, 3.63) is 35.9 Å². The van der Waals surface area contributed by atoms with E-state index in [0.29, 0.717) is 6.54 Å². The van der Waals surface area contributed by atoms with E-state index >= 15 is 0 Å². The number of carbonyl (C=O) groups excluding carboxylic acids is 2. The average molecular weight is 290 g/mol. The molecule has 2 fully saturated rings. The van der Waals surface area contributed by atoms with Crippen LogP contribution < -0.4 is 10.6 Å². The van der Waals surface area contributed by atoms with Crippen molar-refractivity contribution in [2.45, 2.75) is 31.1 Å². The van der Waals surface area contributed by atoms with E-state index in [4.69, 9.17) is 9.47 Å². The van der Waals surface area contributed by atoms with Gasteiger partial charge < -0.3 is 20.1 Å². The minimum Gasteiger partial charge on any atom is -0.439 e. The number of cyclic esters (lactones) is 1. The first kappa shape index (κ1) is 13.9. The lowest BCUT2D eigenvalue weighted by Gasteiger charge is -2.18. The van der Waals surface area contributed by atoms with Crippen LogP contribution in [0.15, 0.2) is 30.3 Å². The molecule has 2 aliphatic heterocycles. The Morgan fingerprint density at radius 3 is 2.86 bits per heavy atom. The summed E-state index contributed by atoms with van der Waals surface area (Å²) in [4.78, 5) is 23.7. The zero-order valence-corrected chi connectivity index (χ0v) is 11.6. The highest BCUT2D eigenvalue weighted by Crippen LogP contribution is 2.26. The first-order chi connectivity index (χ1) is 10.2. The summed E-state index contributed by atoms with van der Waals surface area (Å²) in [6.07, 6.45) is 0.887. The highest BCUT2D eigenvalue weighted by atomic mass is 16.6. The van der Waals surface area contributed by atoms with Gasteiger partial charge in [-0.3, -0.25) is 4.79 Å². The molecule has 6 nitrogen and oxygen atoms in total. The molecule has 0 bridgehead atoms. The molecule has 2 aliphatic rings. The molecule has 3 rings (SSSR count). The van der Waals surface area contributed by atoms with E-state index in [1.807, 2.05) is 30.3 Å². The van der Waals surface area contributed by atoms with Crippen LogP contribution in [-0.2, 0) is 14.3 Å². The van der Waals surface area contributed by atoms with Crippen LogP contribution in [0.2, 0.25) is 0 Å². The molecule has 2 heterocycles. The van der Waals surface area contributed by atoms with Gasteiger partial charge in [-0.05, 0) is 18.4 Å². The topological polar surface area (TPSA) is 76.7 Å². The third kappa shape index (κ3) is 3.16. The number of benzene rings is 1. The highest BCUT2D eigenvalue weighted by molar-refractivity contribution is 5.88. The Morgan fingerprint density at radius 2 is 2.14 bits per heavy atom. The molecule has 0 spiro atoms. The Bertz CT molecular complexity index is 514. The summed E-state index contributed by atoms with van der Waals surface area (Å²) >= 11 is 0. The lowest BCUT2D eigenvalue weighted by molar-refractivity contribution is -0.124. The van der Waals surface area contributed by atoms with Crippen molar-refractivity contribution in [3.63, 3.8) is 0 Å². The SMILES string of the molecule is O=C1NC(C(=O)NCC2CCCO2)C(c2ccccc2)O1. The van der Waals surface area contributed by atoms with E-state index in [9.17, 15) is 9.59 Å². The van der Waals surface area contributed by atoms with Gasteiger partial charge in [-0.1, -0.05) is 30.3 Å². The number of alkyl carbamates (subject to hydrolysis) is 1. The minimum atomic E-state index is -0.707. The molecule has 3 unspecified atom stereocenters. The lowest BCUT2D eigenvalue weighted by atomic mass is 10.0. The summed E-state index contributed by atoms with van der Waals surface area (Å²) in [6.45, 7) is 1.21. The van der Waals surface area contributed by atoms with Crippen LogP contribution in [0.3, 0.4) is 0 Å². The number of hydrogen-bond acceptors (Lipinski definition) is 4. The average Bonchev–Trinajstić information content (AvgIpc) is 3.15. The molecule has 0 radical (unpaired) electrons. The van der Waals surface area contributed by atoms with E-state index in [1.165, 1.54) is 0 Å². The number of nitrogens with one attached hydrogen (secondary N) is 2. The van der Waals surface area contributed by atoms with Gasteiger partial charge >= 0.3 is 6.09 Å². The van der Waals surface area contributed by atoms with Gasteiger partial charge in [0.15, 0.2) is 12.1 Å². The summed E-state index contributed by atoms with van der Waals surface area (Å²) < 4.78 is 10.7. The molecular weight excluding hydrogens is 272 g/mol. The maximum absolute atomic E-state index is 12.3. The van der Waals surface area contributed by atoms with E-state index in [-0.39, 0.29) is 12.0 Å². The van der Waals surface area contributed by atoms with Crippen LogP contribution in [0, 0.1) is 0 Å². The molecule has 21 heavy (non-hydrogen) atoms. The number of ether oxygens (including phenoxy) is 2. The van der Waals surface area contributed by atoms with Crippen molar-refractivity contribution in [2.75, 3.05) is 13.2 Å². The van der Waals surface area contributed by atoms with Crippen LogP contribution in [0.4, 0.5) is 4.79 Å². The Kier molecular flexibility index (Phi) is 4.06. The third-order valence-electron chi connectivity index (χ3n) is 3.75. The van der Waals surface area contributed by atoms with Crippen molar-refractivity contribution in [1.82, 2.24) is 10.6 Å². The number of hydrogen-bond donors (Lipinski definition) is 2. The molecular formula is C15H18N2O4. The monoisotopic (exact) mass is 290 g/mol. The summed E-state index contributed by atoms with van der Waals surface area (Å²) in [7, 11) is 0. The standard InChI is InChI=1S/C15H18N2O4/c18-14(16-9-11-7-4-8-20-11)12-13(21-15(19)17-12)10-5-2-1-3-6-10/h1-3,5-6,11-13H,4,7-9H2,(H,16,18)(H,17,19). The predicted octanol–water partition coefficient (Wildman–Crippen LogP) is 1.13. The summed E-state index contributed by atoms with van der Waals surface area (Å²) in [5.74, 6) is -0.245. The third-order valence-corrected chi connectivity index (χ3v) is 3.75. The fourth-order valence-electron chi connectivity index (χ4n) is 2.66. The molecule has 0 aliphatic carbocycles. The summed E-state index contributed by atoms with van der Waals surface area (Å²) in [5, 5.41) is 5.39. The van der Waals surface area contributed by atoms with Crippen LogP contribution in [0.5, 0.6) is 0 Å². The van der Waals surface area contributed by atoms with Gasteiger partial charge in [-0.15, -0.1) is 0 Å². The van der Waals surface area contributed by atoms with E-state index in [1.54, 1.807) is 0 Å². The van der Waals surface area contributed by atoms with Crippen molar-refractivity contribution in [2.24, 2.45) is 0 Å². The van der Waals surface area contributed by atoms with E-state index < -0.39 is 18.2 Å². The summed E-state index contributed by atoms with van der Waals surface area (Å²) in [5.41, 5.74) is 0.799. The van der Waals surface area contributed by atoms with Crippen LogP contribution in [0.25, 0.3) is 0 Å². The second kappa shape index (κ2) is 6.13. The molecule has 2 amide bonds. The van der Waals surface area contributed by atoms with Crippen LogP contribution >= 0.6 is 0 Å². The smallest absolute Gasteiger partial charge is 0.408 e. The first-order valence-corrected chi connectivity index (χ1v) is 7.15. The van der Waals surface area contributed by atoms with Gasteiger partial charge in [0, 0.05) is 13.2 Å². The quantitative estimate of drug-likeness (QED) is 0.871. The predicted molar refractivity (Wildman–Crippen MR) is 74.6 cm³/mol. The van der Waals surface area contributed by atoms with Crippen LogP contribution in [-0.4, -0.2) is 37.3 Å². The molecule has 1 aromatic carbocycles. The Balaban J connectivity index is 1.64. The number of carbonyl (C=O) groups is 2. The Labute approximate surface area is 122 Å². The maximum Gasteiger partial charge on any atom is 0.408 e. The van der Waals surface area contributed by atoms with Gasteiger partial charge in [0.1, 0.15) is 0 Å². The van der Waals surface area contributed by atoms with Gasteiger partial charge in [-0.25, -0.2) is 4.79 Å². The summed E-state index contributed by atoms with van der Waals surface area (Å²) in [6, 6.07) is 8.55. The molecule has 6 heteroatoms. The van der Waals surface area contributed by atoms with Gasteiger partial charge in [0.25, 0.3) is 0 Å². The van der Waals surface area contributed by atoms with Gasteiger partial charge in [0.05, 0.1) is 6.10 Å². The second-order valence-electron chi connectivity index (χ2n) is 5.24. The molecule has 0 saturated carbocycles. The Morgan fingerprint density at radius 1 is 1.33 bits per heavy atom. The van der Waals surface area contributed by atoms with E-state index in [0.717, 1.165) is 25.0 Å². The van der Waals surface area contributed by atoms with Crippen molar-refractivity contribution >= 4 is 12.0 Å². The van der Waals surface area contributed by atoms with Gasteiger partial charge in [-0.2, -0.15) is 0 Å². The molecule has 3 atom stereocenters. The molecule has 2 N–H and O–H groups in total.